The Kier molecular flexibility index (Phi) is 9.51. The third-order valence-electron chi connectivity index (χ3n) is 8.50. The highest BCUT2D eigenvalue weighted by molar-refractivity contribution is 8.00. The van der Waals surface area contributed by atoms with Gasteiger partial charge in [-0.05, 0) is 84.6 Å². The molecule has 4 nitrogen and oxygen atoms in total. The Hall–Kier alpha value is -3.84. The van der Waals surface area contributed by atoms with E-state index in [9.17, 15) is 10.5 Å². The summed E-state index contributed by atoms with van der Waals surface area (Å²) in [5.74, 6) is 0. The molecule has 0 aliphatic carbocycles. The maximum absolute atomic E-state index is 9.58. The van der Waals surface area contributed by atoms with Gasteiger partial charge in [-0.3, -0.25) is 0 Å². The van der Waals surface area contributed by atoms with Crippen LogP contribution in [0.15, 0.2) is 92.4 Å². The molecule has 0 amide bonds. The lowest BCUT2D eigenvalue weighted by Gasteiger charge is -2.34. The normalized spacial score (nSPS) is 12.9. The average molecular weight is 615 g/mol. The van der Waals surface area contributed by atoms with Gasteiger partial charge in [-0.1, -0.05) is 88.0 Å². The molecule has 0 atom stereocenters. The van der Waals surface area contributed by atoms with Crippen molar-refractivity contribution in [3.8, 4) is 23.3 Å². The first-order valence-electron chi connectivity index (χ1n) is 15.9. The van der Waals surface area contributed by atoms with E-state index < -0.39 is 0 Å². The molecule has 0 N–H and O–H groups in total. The van der Waals surface area contributed by atoms with E-state index in [4.69, 9.17) is 0 Å². The minimum Gasteiger partial charge on any atom is -0.340 e. The molecule has 222 valence electrons. The number of nitrogens with zero attached hydrogens (tertiary/aromatic N) is 4. The largest absolute Gasteiger partial charge is 0.340 e. The Bertz CT molecular complexity index is 1620. The molecule has 0 radical (unpaired) electrons. The number of unbranched alkanes of at least 4 members (excludes halogenated alkanes) is 6. The van der Waals surface area contributed by atoms with Gasteiger partial charge in [-0.25, -0.2) is 0 Å². The summed E-state index contributed by atoms with van der Waals surface area (Å²) in [5.41, 5.74) is 8.68. The van der Waals surface area contributed by atoms with E-state index in [1.807, 2.05) is 24.3 Å². The van der Waals surface area contributed by atoms with Crippen molar-refractivity contribution in [1.29, 1.82) is 10.5 Å². The van der Waals surface area contributed by atoms with Gasteiger partial charge in [0.05, 0.1) is 46.0 Å². The van der Waals surface area contributed by atoms with Gasteiger partial charge in [-0.2, -0.15) is 10.5 Å². The van der Waals surface area contributed by atoms with Crippen molar-refractivity contribution < 1.29 is 0 Å². The minimum atomic E-state index is 0.701. The van der Waals surface area contributed by atoms with E-state index in [1.165, 1.54) is 82.2 Å². The van der Waals surface area contributed by atoms with Crippen molar-refractivity contribution in [2.75, 3.05) is 22.9 Å². The fraction of sp³-hybridized carbons (Fsp3) is 0.316. The van der Waals surface area contributed by atoms with Crippen molar-refractivity contribution >= 4 is 46.3 Å². The van der Waals surface area contributed by atoms with Crippen LogP contribution in [0.1, 0.15) is 76.3 Å². The molecule has 2 aliphatic rings. The summed E-state index contributed by atoms with van der Waals surface area (Å²) < 4.78 is 0. The van der Waals surface area contributed by atoms with E-state index >= 15 is 0 Å². The number of hydrogen-bond donors (Lipinski definition) is 0. The lowest BCUT2D eigenvalue weighted by Crippen LogP contribution is -2.22. The van der Waals surface area contributed by atoms with Gasteiger partial charge in [-0.15, -0.1) is 0 Å². The molecule has 0 unspecified atom stereocenters. The second-order valence-electron chi connectivity index (χ2n) is 11.6. The third-order valence-corrected chi connectivity index (χ3v) is 10.7. The van der Waals surface area contributed by atoms with Gasteiger partial charge in [0.1, 0.15) is 0 Å². The first-order chi connectivity index (χ1) is 21.6. The zero-order valence-corrected chi connectivity index (χ0v) is 27.2. The molecule has 4 aromatic rings. The van der Waals surface area contributed by atoms with Crippen LogP contribution in [0.3, 0.4) is 0 Å². The molecule has 0 saturated carbocycles. The van der Waals surface area contributed by atoms with Gasteiger partial charge in [0.25, 0.3) is 0 Å². The first kappa shape index (κ1) is 30.2. The molecule has 44 heavy (non-hydrogen) atoms. The molecule has 0 bridgehead atoms. The third kappa shape index (κ3) is 6.20. The van der Waals surface area contributed by atoms with Crippen LogP contribution in [0.4, 0.5) is 22.7 Å². The van der Waals surface area contributed by atoms with Crippen LogP contribution >= 0.6 is 23.5 Å². The second-order valence-corrected chi connectivity index (χ2v) is 13.7. The Morgan fingerprint density at radius 2 is 0.886 bits per heavy atom. The second kappa shape index (κ2) is 13.9. The summed E-state index contributed by atoms with van der Waals surface area (Å²) in [7, 11) is 0. The van der Waals surface area contributed by atoms with Crippen molar-refractivity contribution in [2.45, 2.75) is 84.8 Å². The maximum atomic E-state index is 9.58. The first-order valence-corrected chi connectivity index (χ1v) is 17.5. The van der Waals surface area contributed by atoms with Crippen LogP contribution in [-0.2, 0) is 0 Å². The summed E-state index contributed by atoms with van der Waals surface area (Å²) in [6.45, 7) is 6.44. The zero-order valence-electron chi connectivity index (χ0n) is 25.6. The molecular formula is C38H38N4S2. The quantitative estimate of drug-likeness (QED) is 0.157. The fourth-order valence-electron chi connectivity index (χ4n) is 6.15. The Labute approximate surface area is 270 Å². The lowest BCUT2D eigenvalue weighted by molar-refractivity contribution is 0.665. The van der Waals surface area contributed by atoms with Gasteiger partial charge >= 0.3 is 0 Å². The molecule has 6 heteroatoms. The Balaban J connectivity index is 1.33. The molecule has 6 rings (SSSR count). The van der Waals surface area contributed by atoms with Gasteiger partial charge in [0.15, 0.2) is 0 Å². The molecule has 4 aromatic carbocycles. The van der Waals surface area contributed by atoms with Crippen molar-refractivity contribution in [2.24, 2.45) is 0 Å². The van der Waals surface area contributed by atoms with Crippen LogP contribution < -0.4 is 9.80 Å². The van der Waals surface area contributed by atoms with Gasteiger partial charge in [0.2, 0.25) is 0 Å². The highest BCUT2D eigenvalue weighted by atomic mass is 32.2. The smallest absolute Gasteiger partial charge is 0.0992 e. The van der Waals surface area contributed by atoms with Gasteiger partial charge < -0.3 is 9.80 Å². The van der Waals surface area contributed by atoms with Crippen molar-refractivity contribution in [1.82, 2.24) is 0 Å². The summed E-state index contributed by atoms with van der Waals surface area (Å²) in [5, 5.41) is 19.2. The number of benzene rings is 4. The topological polar surface area (TPSA) is 54.1 Å². The molecule has 0 spiro atoms. The van der Waals surface area contributed by atoms with Crippen LogP contribution in [0, 0.1) is 22.7 Å². The lowest BCUT2D eigenvalue weighted by atomic mass is 10.0. The monoisotopic (exact) mass is 614 g/mol. The Morgan fingerprint density at radius 3 is 1.27 bits per heavy atom. The fourth-order valence-corrected chi connectivity index (χ4v) is 8.49. The summed E-state index contributed by atoms with van der Waals surface area (Å²) >= 11 is 3.54. The molecule has 2 aliphatic heterocycles. The van der Waals surface area contributed by atoms with Crippen molar-refractivity contribution in [3.63, 3.8) is 0 Å². The number of fused-ring (bicyclic) bond motifs is 4. The number of nitriles is 2. The summed E-state index contributed by atoms with van der Waals surface area (Å²) in [6, 6.07) is 30.5. The number of hydrogen-bond acceptors (Lipinski definition) is 6. The van der Waals surface area contributed by atoms with Crippen molar-refractivity contribution in [3.05, 3.63) is 83.9 Å². The zero-order chi connectivity index (χ0) is 30.5. The van der Waals surface area contributed by atoms with E-state index in [1.54, 1.807) is 23.5 Å². The highest BCUT2D eigenvalue weighted by Crippen LogP contribution is 2.52. The SMILES string of the molecule is CCCCCCN1c2ccc(C#N)cc2Sc2cc(-c3ccc4c(c3)Sc3cc(C#N)ccc3N4CCCCCC)ccc21. The predicted octanol–water partition coefficient (Wildman–Crippen LogP) is 11.5. The Morgan fingerprint density at radius 1 is 0.500 bits per heavy atom. The molecular weight excluding hydrogens is 577 g/mol. The molecule has 0 saturated heterocycles. The highest BCUT2D eigenvalue weighted by Gasteiger charge is 2.26. The number of rotatable bonds is 11. The minimum absolute atomic E-state index is 0.701. The van der Waals surface area contributed by atoms with Crippen LogP contribution in [0.5, 0.6) is 0 Å². The maximum Gasteiger partial charge on any atom is 0.0992 e. The summed E-state index contributed by atoms with van der Waals surface area (Å²) in [4.78, 5) is 9.65. The average Bonchev–Trinajstić information content (AvgIpc) is 3.06. The van der Waals surface area contributed by atoms with Crippen LogP contribution in [-0.4, -0.2) is 13.1 Å². The van der Waals surface area contributed by atoms with Gasteiger partial charge in [0, 0.05) is 32.7 Å². The molecule has 0 fully saturated rings. The van der Waals surface area contributed by atoms with E-state index in [2.05, 4.69) is 84.3 Å². The van der Waals surface area contributed by atoms with Crippen LogP contribution in [0.25, 0.3) is 11.1 Å². The molecule has 0 aromatic heterocycles. The molecule has 2 heterocycles. The summed E-state index contributed by atoms with van der Waals surface area (Å²) in [6.07, 6.45) is 9.68. The van der Waals surface area contributed by atoms with E-state index in [-0.39, 0.29) is 0 Å². The van der Waals surface area contributed by atoms with Crippen LogP contribution in [0.2, 0.25) is 0 Å². The van der Waals surface area contributed by atoms with E-state index in [0.29, 0.717) is 11.1 Å². The standard InChI is InChI=1S/C38H38N4S2/c1-3-5-7-9-19-41-31-15-11-27(25-39)21-35(31)43-37-23-29(13-17-33(37)41)30-14-18-34-38(24-30)44-36-22-28(26-40)12-16-32(36)42(34)20-10-8-6-4-2/h11-18,21-24H,3-10,19-20H2,1-2H3. The number of anilines is 4. The predicted molar refractivity (Wildman–Crippen MR) is 185 cm³/mol. The van der Waals surface area contributed by atoms with E-state index in [0.717, 1.165) is 35.7 Å².